The number of benzene rings is 1. The van der Waals surface area contributed by atoms with Crippen LogP contribution in [0.25, 0.3) is 0 Å². The SMILES string of the molecule is CCCCNCc1ccc(OC[C@@H](O)CN2CCSCC2)c(OC)c1. The Hall–Kier alpha value is -0.950. The van der Waals surface area contributed by atoms with Gasteiger partial charge in [-0.15, -0.1) is 0 Å². The van der Waals surface area contributed by atoms with Crippen LogP contribution >= 0.6 is 11.8 Å². The van der Waals surface area contributed by atoms with Crippen LogP contribution in [-0.4, -0.2) is 67.5 Å². The number of methoxy groups -OCH3 is 1. The van der Waals surface area contributed by atoms with Crippen LogP contribution < -0.4 is 14.8 Å². The highest BCUT2D eigenvalue weighted by molar-refractivity contribution is 7.99. The van der Waals surface area contributed by atoms with Gasteiger partial charge in [0.25, 0.3) is 0 Å². The maximum absolute atomic E-state index is 10.2. The molecule has 0 aliphatic carbocycles. The van der Waals surface area contributed by atoms with Gasteiger partial charge < -0.3 is 19.9 Å². The van der Waals surface area contributed by atoms with Crippen molar-refractivity contribution in [1.82, 2.24) is 10.2 Å². The molecule has 0 saturated carbocycles. The van der Waals surface area contributed by atoms with Crippen LogP contribution in [0.1, 0.15) is 25.3 Å². The van der Waals surface area contributed by atoms with Gasteiger partial charge in [0.05, 0.1) is 7.11 Å². The first-order valence-electron chi connectivity index (χ1n) is 9.21. The molecule has 0 radical (unpaired) electrons. The normalized spacial score (nSPS) is 16.6. The van der Waals surface area contributed by atoms with Gasteiger partial charge in [0.2, 0.25) is 0 Å². The van der Waals surface area contributed by atoms with Gasteiger partial charge in [0, 0.05) is 37.7 Å². The number of nitrogens with zero attached hydrogens (tertiary/aromatic N) is 1. The van der Waals surface area contributed by atoms with Crippen molar-refractivity contribution in [3.8, 4) is 11.5 Å². The van der Waals surface area contributed by atoms with E-state index >= 15 is 0 Å². The Bertz CT molecular complexity index is 496. The molecule has 1 atom stereocenters. The summed E-state index contributed by atoms with van der Waals surface area (Å²) >= 11 is 1.97. The first-order valence-corrected chi connectivity index (χ1v) is 10.4. The number of β-amino-alcohol motifs (C(OH)–C–C–N with tert-alkyl or cyclic N) is 1. The summed E-state index contributed by atoms with van der Waals surface area (Å²) in [6.45, 7) is 7.09. The fourth-order valence-electron chi connectivity index (χ4n) is 2.80. The number of hydrogen-bond acceptors (Lipinski definition) is 6. The quantitative estimate of drug-likeness (QED) is 0.585. The molecule has 0 amide bonds. The van der Waals surface area contributed by atoms with E-state index in [4.69, 9.17) is 9.47 Å². The smallest absolute Gasteiger partial charge is 0.161 e. The van der Waals surface area contributed by atoms with Crippen molar-refractivity contribution in [2.75, 3.05) is 51.4 Å². The minimum atomic E-state index is -0.483. The highest BCUT2D eigenvalue weighted by Gasteiger charge is 2.16. The van der Waals surface area contributed by atoms with Gasteiger partial charge >= 0.3 is 0 Å². The summed E-state index contributed by atoms with van der Waals surface area (Å²) in [5.74, 6) is 3.70. The molecule has 1 aliphatic rings. The van der Waals surface area contributed by atoms with Crippen molar-refractivity contribution in [2.45, 2.75) is 32.4 Å². The summed E-state index contributed by atoms with van der Waals surface area (Å²) in [5.41, 5.74) is 1.17. The van der Waals surface area contributed by atoms with Crippen molar-refractivity contribution >= 4 is 11.8 Å². The molecule has 0 aromatic heterocycles. The van der Waals surface area contributed by atoms with E-state index in [1.165, 1.54) is 18.4 Å². The van der Waals surface area contributed by atoms with E-state index in [1.54, 1.807) is 7.11 Å². The molecule has 2 rings (SSSR count). The van der Waals surface area contributed by atoms with Crippen molar-refractivity contribution in [3.05, 3.63) is 23.8 Å². The van der Waals surface area contributed by atoms with Gasteiger partial charge in [-0.25, -0.2) is 0 Å². The molecule has 0 unspecified atom stereocenters. The number of ether oxygens (including phenoxy) is 2. The molecule has 1 fully saturated rings. The van der Waals surface area contributed by atoms with Gasteiger partial charge in [-0.3, -0.25) is 4.90 Å². The van der Waals surface area contributed by atoms with Gasteiger partial charge in [-0.2, -0.15) is 11.8 Å². The Morgan fingerprint density at radius 3 is 2.80 bits per heavy atom. The predicted octanol–water partition coefficient (Wildman–Crippen LogP) is 2.37. The van der Waals surface area contributed by atoms with E-state index in [0.29, 0.717) is 12.3 Å². The second-order valence-corrected chi connectivity index (χ2v) is 7.62. The zero-order valence-electron chi connectivity index (χ0n) is 15.5. The summed E-state index contributed by atoms with van der Waals surface area (Å²) in [4.78, 5) is 2.30. The molecule has 25 heavy (non-hydrogen) atoms. The minimum absolute atomic E-state index is 0.286. The Morgan fingerprint density at radius 1 is 1.28 bits per heavy atom. The number of thioether (sulfide) groups is 1. The minimum Gasteiger partial charge on any atom is -0.493 e. The largest absolute Gasteiger partial charge is 0.493 e. The summed E-state index contributed by atoms with van der Waals surface area (Å²) in [6, 6.07) is 5.98. The monoisotopic (exact) mass is 368 g/mol. The average molecular weight is 369 g/mol. The first-order chi connectivity index (χ1) is 12.2. The maximum Gasteiger partial charge on any atom is 0.161 e. The van der Waals surface area contributed by atoms with E-state index < -0.39 is 6.10 Å². The topological polar surface area (TPSA) is 54.0 Å². The molecule has 6 heteroatoms. The second-order valence-electron chi connectivity index (χ2n) is 6.39. The van der Waals surface area contributed by atoms with E-state index in [2.05, 4.69) is 17.1 Å². The maximum atomic E-state index is 10.2. The van der Waals surface area contributed by atoms with Crippen LogP contribution in [0.15, 0.2) is 18.2 Å². The molecule has 5 nitrogen and oxygen atoms in total. The first kappa shape index (κ1) is 20.4. The third-order valence-corrected chi connectivity index (χ3v) is 5.21. The summed E-state index contributed by atoms with van der Waals surface area (Å²) in [7, 11) is 1.65. The number of rotatable bonds is 11. The molecule has 142 valence electrons. The summed E-state index contributed by atoms with van der Waals surface area (Å²) in [5, 5.41) is 13.6. The molecular formula is C19H32N2O3S. The van der Waals surface area contributed by atoms with Crippen LogP contribution in [0.2, 0.25) is 0 Å². The lowest BCUT2D eigenvalue weighted by Gasteiger charge is -2.28. The highest BCUT2D eigenvalue weighted by atomic mass is 32.2. The van der Waals surface area contributed by atoms with E-state index in [9.17, 15) is 5.11 Å². The Balaban J connectivity index is 1.79. The molecule has 0 spiro atoms. The van der Waals surface area contributed by atoms with Gasteiger partial charge in [0.1, 0.15) is 12.7 Å². The highest BCUT2D eigenvalue weighted by Crippen LogP contribution is 2.28. The fraction of sp³-hybridized carbons (Fsp3) is 0.684. The zero-order valence-corrected chi connectivity index (χ0v) is 16.3. The van der Waals surface area contributed by atoms with E-state index in [0.717, 1.165) is 43.4 Å². The Kier molecular flexibility index (Phi) is 9.47. The van der Waals surface area contributed by atoms with E-state index in [1.807, 2.05) is 30.0 Å². The molecule has 0 bridgehead atoms. The van der Waals surface area contributed by atoms with Gasteiger partial charge in [-0.1, -0.05) is 19.4 Å². The van der Waals surface area contributed by atoms with Crippen LogP contribution in [0.3, 0.4) is 0 Å². The Labute approximate surface area is 156 Å². The summed E-state index contributed by atoms with van der Waals surface area (Å²) in [6.07, 6.45) is 1.90. The van der Waals surface area contributed by atoms with Crippen molar-refractivity contribution in [2.24, 2.45) is 0 Å². The van der Waals surface area contributed by atoms with Crippen LogP contribution in [0.5, 0.6) is 11.5 Å². The third-order valence-electron chi connectivity index (χ3n) is 4.27. The lowest BCUT2D eigenvalue weighted by atomic mass is 10.2. The second kappa shape index (κ2) is 11.6. The molecule has 1 aromatic carbocycles. The predicted molar refractivity (Wildman–Crippen MR) is 105 cm³/mol. The lowest BCUT2D eigenvalue weighted by Crippen LogP contribution is -2.40. The standard InChI is InChI=1S/C19H32N2O3S/c1-3-4-7-20-13-16-5-6-18(19(12-16)23-2)24-15-17(22)14-21-8-10-25-11-9-21/h5-6,12,17,20,22H,3-4,7-11,13-15H2,1-2H3/t17-/m0/s1. The molecular weight excluding hydrogens is 336 g/mol. The van der Waals surface area contributed by atoms with Crippen LogP contribution in [0.4, 0.5) is 0 Å². The lowest BCUT2D eigenvalue weighted by molar-refractivity contribution is 0.0705. The number of nitrogens with one attached hydrogen (secondary N) is 1. The Morgan fingerprint density at radius 2 is 2.08 bits per heavy atom. The van der Waals surface area contributed by atoms with Crippen molar-refractivity contribution < 1.29 is 14.6 Å². The number of aliphatic hydroxyl groups excluding tert-OH is 1. The van der Waals surface area contributed by atoms with Crippen molar-refractivity contribution in [1.29, 1.82) is 0 Å². The fourth-order valence-corrected chi connectivity index (χ4v) is 3.77. The van der Waals surface area contributed by atoms with Gasteiger partial charge in [-0.05, 0) is 30.7 Å². The van der Waals surface area contributed by atoms with Crippen LogP contribution in [0, 0.1) is 0 Å². The average Bonchev–Trinajstić information content (AvgIpc) is 2.64. The number of hydrogen-bond donors (Lipinski definition) is 2. The summed E-state index contributed by atoms with van der Waals surface area (Å²) < 4.78 is 11.3. The number of aliphatic hydroxyl groups is 1. The van der Waals surface area contributed by atoms with Crippen LogP contribution in [-0.2, 0) is 6.54 Å². The van der Waals surface area contributed by atoms with Gasteiger partial charge in [0.15, 0.2) is 11.5 Å². The molecule has 2 N–H and O–H groups in total. The third kappa shape index (κ3) is 7.44. The van der Waals surface area contributed by atoms with Crippen molar-refractivity contribution in [3.63, 3.8) is 0 Å². The molecule has 1 aliphatic heterocycles. The molecule has 1 aromatic rings. The van der Waals surface area contributed by atoms with E-state index in [-0.39, 0.29) is 6.61 Å². The zero-order chi connectivity index (χ0) is 17.9. The number of unbranched alkanes of at least 4 members (excludes halogenated alkanes) is 1. The molecule has 1 saturated heterocycles. The molecule has 1 heterocycles.